The van der Waals surface area contributed by atoms with Crippen LogP contribution in [0.25, 0.3) is 10.8 Å². The first-order valence-electron chi connectivity index (χ1n) is 7.92. The first kappa shape index (κ1) is 16.3. The second-order valence-electron chi connectivity index (χ2n) is 6.93. The highest BCUT2D eigenvalue weighted by atomic mass is 16.7. The lowest BCUT2D eigenvalue weighted by atomic mass is 9.92. The van der Waals surface area contributed by atoms with Crippen molar-refractivity contribution < 1.29 is 4.84 Å². The lowest BCUT2D eigenvalue weighted by Gasteiger charge is -2.38. The molecule has 3 rings (SSSR count). The molecule has 6 heteroatoms. The van der Waals surface area contributed by atoms with Crippen LogP contribution in [-0.4, -0.2) is 23.1 Å². The van der Waals surface area contributed by atoms with E-state index in [0.29, 0.717) is 6.61 Å². The highest BCUT2D eigenvalue weighted by molar-refractivity contribution is 5.94. The number of rotatable bonds is 3. The number of hydrogen-bond acceptors (Lipinski definition) is 6. The first-order chi connectivity index (χ1) is 11.4. The number of hydrogen-bond donors (Lipinski definition) is 2. The largest absolute Gasteiger partial charge is 0.368 e. The first-order valence-corrected chi connectivity index (χ1v) is 7.92. The van der Waals surface area contributed by atoms with Gasteiger partial charge in [0.15, 0.2) is 6.17 Å². The van der Waals surface area contributed by atoms with Crippen molar-refractivity contribution in [1.82, 2.24) is 5.06 Å². The van der Waals surface area contributed by atoms with Gasteiger partial charge in [-0.05, 0) is 16.3 Å². The summed E-state index contributed by atoms with van der Waals surface area (Å²) >= 11 is 0. The summed E-state index contributed by atoms with van der Waals surface area (Å²) in [5.41, 5.74) is 12.7. The average Bonchev–Trinajstić information content (AvgIpc) is 2.52. The Bertz CT molecular complexity index is 801. The van der Waals surface area contributed by atoms with Crippen molar-refractivity contribution in [2.75, 3.05) is 0 Å². The summed E-state index contributed by atoms with van der Waals surface area (Å²) in [4.78, 5) is 14.4. The van der Waals surface area contributed by atoms with Crippen molar-refractivity contribution in [3.05, 3.63) is 48.0 Å². The van der Waals surface area contributed by atoms with Crippen molar-refractivity contribution in [2.45, 2.75) is 33.5 Å². The second-order valence-corrected chi connectivity index (χ2v) is 6.93. The number of nitrogens with two attached hydrogens (primary N) is 2. The van der Waals surface area contributed by atoms with Gasteiger partial charge in [-0.3, -0.25) is 4.84 Å². The lowest BCUT2D eigenvalue weighted by molar-refractivity contribution is -0.159. The summed E-state index contributed by atoms with van der Waals surface area (Å²) in [6.07, 6.45) is -0.329. The molecule has 1 atom stereocenters. The van der Waals surface area contributed by atoms with Gasteiger partial charge in [0.2, 0.25) is 11.9 Å². The minimum Gasteiger partial charge on any atom is -0.368 e. The highest BCUT2D eigenvalue weighted by Gasteiger charge is 2.35. The molecule has 6 nitrogen and oxygen atoms in total. The third-order valence-corrected chi connectivity index (χ3v) is 3.95. The van der Waals surface area contributed by atoms with E-state index in [-0.39, 0.29) is 23.5 Å². The molecule has 0 aliphatic carbocycles. The minimum atomic E-state index is -0.329. The smallest absolute Gasteiger partial charge is 0.225 e. The molecule has 0 saturated carbocycles. The van der Waals surface area contributed by atoms with E-state index in [1.807, 2.05) is 24.3 Å². The van der Waals surface area contributed by atoms with Crippen molar-refractivity contribution in [2.24, 2.45) is 26.9 Å². The van der Waals surface area contributed by atoms with Gasteiger partial charge in [-0.2, -0.15) is 10.1 Å². The molecule has 0 fully saturated rings. The topological polar surface area (TPSA) is 89.2 Å². The quantitative estimate of drug-likeness (QED) is 0.907. The molecule has 1 unspecified atom stereocenters. The molecule has 1 aliphatic rings. The van der Waals surface area contributed by atoms with E-state index in [0.717, 1.165) is 10.9 Å². The van der Waals surface area contributed by atoms with Crippen LogP contribution in [0, 0.1) is 5.41 Å². The Morgan fingerprint density at radius 3 is 2.54 bits per heavy atom. The predicted molar refractivity (Wildman–Crippen MR) is 97.1 cm³/mol. The van der Waals surface area contributed by atoms with Crippen LogP contribution in [0.1, 0.15) is 26.3 Å². The van der Waals surface area contributed by atoms with Crippen molar-refractivity contribution >= 4 is 22.7 Å². The molecule has 126 valence electrons. The summed E-state index contributed by atoms with van der Waals surface area (Å²) in [6.45, 7) is 6.55. The number of benzene rings is 2. The standard InChI is InChI=1S/C18H23N5O/c1-18(2,3)15-21-16(19)22-17(20)23(15)24-11-13-9-6-8-12-7-4-5-10-14(12)13/h4-10,15H,11H2,1-3H3,(H4,19,20,21,22). The van der Waals surface area contributed by atoms with Crippen LogP contribution in [0.4, 0.5) is 0 Å². The SMILES string of the molecule is CC(C)(C)C1N=C(N)N=C(N)N1OCc1cccc2ccccc12. The fourth-order valence-electron chi connectivity index (χ4n) is 2.74. The van der Waals surface area contributed by atoms with Crippen molar-refractivity contribution in [3.63, 3.8) is 0 Å². The van der Waals surface area contributed by atoms with Gasteiger partial charge in [-0.1, -0.05) is 63.2 Å². The van der Waals surface area contributed by atoms with Gasteiger partial charge in [0.1, 0.15) is 6.61 Å². The highest BCUT2D eigenvalue weighted by Crippen LogP contribution is 2.28. The van der Waals surface area contributed by atoms with Gasteiger partial charge >= 0.3 is 0 Å². The van der Waals surface area contributed by atoms with E-state index < -0.39 is 0 Å². The van der Waals surface area contributed by atoms with Crippen LogP contribution in [0.3, 0.4) is 0 Å². The molecule has 0 spiro atoms. The zero-order valence-electron chi connectivity index (χ0n) is 14.2. The van der Waals surface area contributed by atoms with E-state index in [9.17, 15) is 0 Å². The van der Waals surface area contributed by atoms with Crippen LogP contribution in [0.15, 0.2) is 52.4 Å². The summed E-state index contributed by atoms with van der Waals surface area (Å²) in [5.74, 6) is 0.403. The van der Waals surface area contributed by atoms with Crippen LogP contribution in [0.2, 0.25) is 0 Å². The zero-order chi connectivity index (χ0) is 17.3. The Morgan fingerprint density at radius 2 is 1.79 bits per heavy atom. The molecule has 0 radical (unpaired) electrons. The number of aliphatic imine (C=N–C) groups is 2. The normalized spacial score (nSPS) is 18.5. The second kappa shape index (κ2) is 6.13. The molecule has 2 aromatic carbocycles. The average molecular weight is 325 g/mol. The molecule has 0 aromatic heterocycles. The fraction of sp³-hybridized carbons (Fsp3) is 0.333. The van der Waals surface area contributed by atoms with Crippen LogP contribution >= 0.6 is 0 Å². The molecular weight excluding hydrogens is 302 g/mol. The van der Waals surface area contributed by atoms with Gasteiger partial charge in [0, 0.05) is 5.41 Å². The molecular formula is C18H23N5O. The molecule has 0 amide bonds. The third kappa shape index (κ3) is 3.19. The Labute approximate surface area is 141 Å². The summed E-state index contributed by atoms with van der Waals surface area (Å²) < 4.78 is 0. The Kier molecular flexibility index (Phi) is 4.15. The van der Waals surface area contributed by atoms with Gasteiger partial charge < -0.3 is 11.5 Å². The maximum atomic E-state index is 6.02. The van der Waals surface area contributed by atoms with Crippen molar-refractivity contribution in [1.29, 1.82) is 0 Å². The molecule has 1 aliphatic heterocycles. The van der Waals surface area contributed by atoms with E-state index in [1.54, 1.807) is 5.06 Å². The molecule has 24 heavy (non-hydrogen) atoms. The summed E-state index contributed by atoms with van der Waals surface area (Å²) in [7, 11) is 0. The zero-order valence-corrected chi connectivity index (χ0v) is 14.2. The molecule has 2 aromatic rings. The summed E-state index contributed by atoms with van der Waals surface area (Å²) in [6, 6.07) is 14.4. The van der Waals surface area contributed by atoms with Gasteiger partial charge in [0.05, 0.1) is 0 Å². The van der Waals surface area contributed by atoms with Crippen LogP contribution in [-0.2, 0) is 11.4 Å². The monoisotopic (exact) mass is 325 g/mol. The number of guanidine groups is 2. The molecule has 4 N–H and O–H groups in total. The van der Waals surface area contributed by atoms with Gasteiger partial charge in [-0.15, -0.1) is 0 Å². The molecule has 1 heterocycles. The Hall–Kier alpha value is -2.60. The van der Waals surface area contributed by atoms with Gasteiger partial charge in [-0.25, -0.2) is 4.99 Å². The van der Waals surface area contributed by atoms with E-state index in [2.05, 4.69) is 49.0 Å². The fourth-order valence-corrected chi connectivity index (χ4v) is 2.74. The van der Waals surface area contributed by atoms with Gasteiger partial charge in [0.25, 0.3) is 0 Å². The number of hydroxylamine groups is 2. The molecule has 0 bridgehead atoms. The van der Waals surface area contributed by atoms with Crippen LogP contribution in [0.5, 0.6) is 0 Å². The minimum absolute atomic E-state index is 0.178. The van der Waals surface area contributed by atoms with E-state index in [4.69, 9.17) is 16.3 Å². The maximum absolute atomic E-state index is 6.02. The third-order valence-electron chi connectivity index (χ3n) is 3.95. The Balaban J connectivity index is 1.85. The maximum Gasteiger partial charge on any atom is 0.225 e. The predicted octanol–water partition coefficient (Wildman–Crippen LogP) is 2.59. The number of nitrogens with zero attached hydrogens (tertiary/aromatic N) is 3. The Morgan fingerprint density at radius 1 is 1.08 bits per heavy atom. The van der Waals surface area contributed by atoms with E-state index in [1.165, 1.54) is 5.39 Å². The van der Waals surface area contributed by atoms with E-state index >= 15 is 0 Å². The van der Waals surface area contributed by atoms with Crippen LogP contribution < -0.4 is 11.5 Å². The van der Waals surface area contributed by atoms with Crippen molar-refractivity contribution in [3.8, 4) is 0 Å². The molecule has 0 saturated heterocycles. The lowest BCUT2D eigenvalue weighted by Crippen LogP contribution is -2.52. The number of fused-ring (bicyclic) bond motifs is 1. The summed E-state index contributed by atoms with van der Waals surface area (Å²) in [5, 5.41) is 3.88.